The molecule has 5 rings (SSSR count). The molecule has 2 heterocycles. The molecule has 1 fully saturated rings. The largest absolute Gasteiger partial charge is 0.395 e. The fourth-order valence-corrected chi connectivity index (χ4v) is 5.02. The summed E-state index contributed by atoms with van der Waals surface area (Å²) >= 11 is 0. The zero-order valence-corrected chi connectivity index (χ0v) is 22.7. The van der Waals surface area contributed by atoms with E-state index in [2.05, 4.69) is 75.3 Å². The summed E-state index contributed by atoms with van der Waals surface area (Å²) in [6, 6.07) is 18.9. The molecule has 1 saturated heterocycles. The van der Waals surface area contributed by atoms with Gasteiger partial charge in [0, 0.05) is 44.0 Å². The standard InChI is InChI=1S/C21H20N4.C7H16N2O.C2H6/c1-13-20-18(22)11-15(12-19(20)25-21(23)24-13)17-10-6-5-9-16(17)14-7-3-2-4-8-14;1-8-2-4-9(5-3-8)6-7-10;1-2/h2-10,15,22H,11-12H2,1H3,(H2,23,24,25);10H,2-7H2,1H3;1-2H3. The van der Waals surface area contributed by atoms with E-state index >= 15 is 0 Å². The summed E-state index contributed by atoms with van der Waals surface area (Å²) in [4.78, 5) is 13.3. The molecule has 0 bridgehead atoms. The van der Waals surface area contributed by atoms with E-state index in [4.69, 9.17) is 16.2 Å². The van der Waals surface area contributed by atoms with Crippen molar-refractivity contribution in [2.24, 2.45) is 0 Å². The van der Waals surface area contributed by atoms with Crippen LogP contribution in [0.5, 0.6) is 0 Å². The van der Waals surface area contributed by atoms with Gasteiger partial charge in [0.15, 0.2) is 0 Å². The van der Waals surface area contributed by atoms with Crippen LogP contribution in [0.25, 0.3) is 11.1 Å². The van der Waals surface area contributed by atoms with Crippen molar-refractivity contribution in [1.29, 1.82) is 5.41 Å². The number of hydrogen-bond acceptors (Lipinski definition) is 7. The first-order valence-electron chi connectivity index (χ1n) is 13.3. The molecule has 198 valence electrons. The van der Waals surface area contributed by atoms with Crippen LogP contribution in [0.4, 0.5) is 5.95 Å². The van der Waals surface area contributed by atoms with Crippen LogP contribution in [0.2, 0.25) is 0 Å². The van der Waals surface area contributed by atoms with Crippen molar-refractivity contribution in [1.82, 2.24) is 19.8 Å². The van der Waals surface area contributed by atoms with Gasteiger partial charge in [0.2, 0.25) is 5.95 Å². The number of hydrogen-bond donors (Lipinski definition) is 3. The minimum atomic E-state index is 0.227. The Balaban J connectivity index is 0.000000266. The second kappa shape index (κ2) is 14.0. The van der Waals surface area contributed by atoms with Gasteiger partial charge in [0.05, 0.1) is 18.0 Å². The van der Waals surface area contributed by atoms with Crippen LogP contribution in [0.3, 0.4) is 0 Å². The first-order chi connectivity index (χ1) is 18.0. The van der Waals surface area contributed by atoms with Gasteiger partial charge in [0.1, 0.15) is 0 Å². The van der Waals surface area contributed by atoms with Crippen molar-refractivity contribution in [3.8, 4) is 11.1 Å². The Morgan fingerprint density at radius 1 is 0.946 bits per heavy atom. The van der Waals surface area contributed by atoms with Crippen molar-refractivity contribution in [3.63, 3.8) is 0 Å². The van der Waals surface area contributed by atoms with E-state index in [9.17, 15) is 0 Å². The number of nitrogens with two attached hydrogens (primary N) is 1. The third kappa shape index (κ3) is 7.44. The second-order valence-electron chi connectivity index (χ2n) is 9.39. The van der Waals surface area contributed by atoms with E-state index in [0.717, 1.165) is 56.1 Å². The highest BCUT2D eigenvalue weighted by molar-refractivity contribution is 6.01. The number of aryl methyl sites for hydroxylation is 1. The van der Waals surface area contributed by atoms with Gasteiger partial charge in [-0.1, -0.05) is 68.4 Å². The van der Waals surface area contributed by atoms with Gasteiger partial charge >= 0.3 is 0 Å². The van der Waals surface area contributed by atoms with Gasteiger partial charge in [-0.3, -0.25) is 4.90 Å². The smallest absolute Gasteiger partial charge is 0.220 e. The Labute approximate surface area is 221 Å². The molecule has 0 amide bonds. The van der Waals surface area contributed by atoms with E-state index in [1.165, 1.54) is 16.7 Å². The van der Waals surface area contributed by atoms with E-state index in [1.807, 2.05) is 26.8 Å². The minimum Gasteiger partial charge on any atom is -0.395 e. The Bertz CT molecular complexity index is 1140. The third-order valence-corrected chi connectivity index (χ3v) is 6.87. The lowest BCUT2D eigenvalue weighted by Crippen LogP contribution is -2.45. The molecule has 1 atom stereocenters. The van der Waals surface area contributed by atoms with Crippen molar-refractivity contribution >= 4 is 11.7 Å². The summed E-state index contributed by atoms with van der Waals surface area (Å²) in [6.07, 6.45) is 1.49. The van der Waals surface area contributed by atoms with E-state index in [-0.39, 0.29) is 5.92 Å². The van der Waals surface area contributed by atoms with Crippen molar-refractivity contribution in [3.05, 3.63) is 77.1 Å². The van der Waals surface area contributed by atoms with Crippen LogP contribution in [0, 0.1) is 12.3 Å². The molecular weight excluding hydrogens is 460 g/mol. The SMILES string of the molecule is CC.CN1CCN(CCO)CC1.Cc1nc(N)nc2c1C(=N)CC(c1ccccc1-c1ccccc1)C2. The Morgan fingerprint density at radius 2 is 1.59 bits per heavy atom. The molecule has 0 spiro atoms. The van der Waals surface area contributed by atoms with Gasteiger partial charge in [-0.25, -0.2) is 9.97 Å². The fourth-order valence-electron chi connectivity index (χ4n) is 5.02. The second-order valence-corrected chi connectivity index (χ2v) is 9.39. The number of nitrogen functional groups attached to an aromatic ring is 1. The minimum absolute atomic E-state index is 0.227. The van der Waals surface area contributed by atoms with Crippen LogP contribution < -0.4 is 5.73 Å². The molecule has 2 aromatic carbocycles. The highest BCUT2D eigenvalue weighted by Gasteiger charge is 2.28. The number of fused-ring (bicyclic) bond motifs is 1. The molecule has 3 aromatic rings. The average Bonchev–Trinajstić information content (AvgIpc) is 2.91. The maximum absolute atomic E-state index is 8.63. The number of β-amino-alcohol motifs (C(OH)–C–C–N with tert-alkyl or cyclic N) is 1. The molecule has 2 aliphatic rings. The topological polar surface area (TPSA) is 102 Å². The molecule has 7 nitrogen and oxygen atoms in total. The third-order valence-electron chi connectivity index (χ3n) is 6.87. The van der Waals surface area contributed by atoms with Crippen molar-refractivity contribution in [2.45, 2.75) is 39.5 Å². The maximum atomic E-state index is 8.63. The van der Waals surface area contributed by atoms with E-state index < -0.39 is 0 Å². The first-order valence-corrected chi connectivity index (χ1v) is 13.3. The number of benzene rings is 2. The number of likely N-dealkylation sites (N-methyl/N-ethyl adjacent to an activating group) is 1. The summed E-state index contributed by atoms with van der Waals surface area (Å²) < 4.78 is 0. The first kappa shape index (κ1) is 28.4. The maximum Gasteiger partial charge on any atom is 0.220 e. The quantitative estimate of drug-likeness (QED) is 0.489. The predicted molar refractivity (Wildman–Crippen MR) is 153 cm³/mol. The Morgan fingerprint density at radius 3 is 2.27 bits per heavy atom. The van der Waals surface area contributed by atoms with Crippen LogP contribution in [-0.4, -0.2) is 77.0 Å². The number of aliphatic hydroxyl groups is 1. The van der Waals surface area contributed by atoms with Gasteiger partial charge in [-0.05, 0) is 49.4 Å². The number of piperazine rings is 1. The van der Waals surface area contributed by atoms with E-state index in [0.29, 0.717) is 24.7 Å². The highest BCUT2D eigenvalue weighted by Crippen LogP contribution is 2.37. The zero-order valence-electron chi connectivity index (χ0n) is 22.7. The summed E-state index contributed by atoms with van der Waals surface area (Å²) in [5.74, 6) is 0.520. The molecule has 1 aliphatic heterocycles. The Kier molecular flexibility index (Phi) is 10.7. The van der Waals surface area contributed by atoms with Gasteiger partial charge in [-0.2, -0.15) is 0 Å². The van der Waals surface area contributed by atoms with Gasteiger partial charge < -0.3 is 21.1 Å². The predicted octanol–water partition coefficient (Wildman–Crippen LogP) is 4.38. The van der Waals surface area contributed by atoms with Crippen LogP contribution in [-0.2, 0) is 6.42 Å². The average molecular weight is 503 g/mol. The molecule has 1 aliphatic carbocycles. The summed E-state index contributed by atoms with van der Waals surface area (Å²) in [7, 11) is 2.14. The summed E-state index contributed by atoms with van der Waals surface area (Å²) in [6.45, 7) is 11.5. The molecule has 4 N–H and O–H groups in total. The molecule has 1 aromatic heterocycles. The number of aromatic nitrogens is 2. The van der Waals surface area contributed by atoms with Gasteiger partial charge in [0.25, 0.3) is 0 Å². The summed E-state index contributed by atoms with van der Waals surface area (Å²) in [5, 5.41) is 17.1. The van der Waals surface area contributed by atoms with Crippen LogP contribution in [0.15, 0.2) is 54.6 Å². The molecule has 0 radical (unpaired) electrons. The zero-order chi connectivity index (χ0) is 26.8. The lowest BCUT2D eigenvalue weighted by atomic mass is 9.78. The molecule has 37 heavy (non-hydrogen) atoms. The lowest BCUT2D eigenvalue weighted by Gasteiger charge is -2.31. The fraction of sp³-hybridized carbons (Fsp3) is 0.433. The van der Waals surface area contributed by atoms with Crippen molar-refractivity contribution < 1.29 is 5.11 Å². The number of aliphatic hydroxyl groups excluding tert-OH is 1. The lowest BCUT2D eigenvalue weighted by molar-refractivity contribution is 0.128. The molecule has 7 heteroatoms. The van der Waals surface area contributed by atoms with Crippen LogP contribution >= 0.6 is 0 Å². The molecular formula is C30H42N6O. The van der Waals surface area contributed by atoms with Crippen molar-refractivity contribution in [2.75, 3.05) is 52.1 Å². The Hall–Kier alpha value is -3.13. The normalized spacial score (nSPS) is 17.6. The highest BCUT2D eigenvalue weighted by atomic mass is 16.3. The summed E-state index contributed by atoms with van der Waals surface area (Å²) in [5.41, 5.74) is 12.7. The van der Waals surface area contributed by atoms with Gasteiger partial charge in [-0.15, -0.1) is 0 Å². The number of nitrogens with one attached hydrogen (secondary N) is 1. The van der Waals surface area contributed by atoms with Crippen LogP contribution in [0.1, 0.15) is 48.7 Å². The number of anilines is 1. The monoisotopic (exact) mass is 502 g/mol. The number of nitrogens with zero attached hydrogens (tertiary/aromatic N) is 4. The number of rotatable bonds is 4. The van der Waals surface area contributed by atoms with E-state index in [1.54, 1.807) is 0 Å². The molecule has 0 saturated carbocycles. The molecule has 1 unspecified atom stereocenters.